The SMILES string of the molecule is C#CCn1c(=NC(=O)Cc2ccc(CC)cc2)sc2cc(C(C)C)ccc21. The van der Waals surface area contributed by atoms with E-state index in [0.29, 0.717) is 23.7 Å². The molecule has 3 aromatic rings. The zero-order valence-electron chi connectivity index (χ0n) is 16.0. The standard InChI is InChI=1S/C23H24N2OS/c1-5-13-25-20-12-11-19(16(3)4)15-21(20)27-23(25)24-22(26)14-18-9-7-17(6-2)8-10-18/h1,7-12,15-16H,6,13-14H2,2-4H3. The summed E-state index contributed by atoms with van der Waals surface area (Å²) in [5.41, 5.74) is 4.54. The van der Waals surface area contributed by atoms with Gasteiger partial charge in [0.1, 0.15) is 0 Å². The Morgan fingerprint density at radius 2 is 1.89 bits per heavy atom. The number of terminal acetylenes is 1. The van der Waals surface area contributed by atoms with E-state index in [2.05, 4.69) is 62.0 Å². The maximum Gasteiger partial charge on any atom is 0.252 e. The van der Waals surface area contributed by atoms with Crippen LogP contribution in [0.2, 0.25) is 0 Å². The Morgan fingerprint density at radius 1 is 1.19 bits per heavy atom. The number of carbonyl (C=O) groups is 1. The van der Waals surface area contributed by atoms with Gasteiger partial charge >= 0.3 is 0 Å². The smallest absolute Gasteiger partial charge is 0.252 e. The van der Waals surface area contributed by atoms with Crippen LogP contribution in [0.5, 0.6) is 0 Å². The van der Waals surface area contributed by atoms with Gasteiger partial charge in [0, 0.05) is 0 Å². The van der Waals surface area contributed by atoms with Crippen LogP contribution < -0.4 is 4.80 Å². The topological polar surface area (TPSA) is 34.4 Å². The molecule has 0 N–H and O–H groups in total. The van der Waals surface area contributed by atoms with Crippen LogP contribution in [0.1, 0.15) is 43.4 Å². The highest BCUT2D eigenvalue weighted by Crippen LogP contribution is 2.23. The number of rotatable bonds is 5. The highest BCUT2D eigenvalue weighted by molar-refractivity contribution is 7.16. The number of benzene rings is 2. The molecule has 2 aromatic carbocycles. The lowest BCUT2D eigenvalue weighted by Crippen LogP contribution is -2.17. The number of fused-ring (bicyclic) bond motifs is 1. The molecule has 0 saturated heterocycles. The van der Waals surface area contributed by atoms with Crippen molar-refractivity contribution in [2.45, 2.75) is 46.1 Å². The third-order valence-electron chi connectivity index (χ3n) is 4.63. The van der Waals surface area contributed by atoms with Crippen molar-refractivity contribution in [2.24, 2.45) is 4.99 Å². The molecule has 1 aromatic heterocycles. The van der Waals surface area contributed by atoms with Crippen LogP contribution >= 0.6 is 11.3 Å². The quantitative estimate of drug-likeness (QED) is 0.595. The van der Waals surface area contributed by atoms with Gasteiger partial charge in [-0.2, -0.15) is 4.99 Å². The maximum absolute atomic E-state index is 12.5. The Kier molecular flexibility index (Phi) is 5.93. The Labute approximate surface area is 164 Å². The molecule has 27 heavy (non-hydrogen) atoms. The van der Waals surface area contributed by atoms with Crippen LogP contribution in [0.3, 0.4) is 0 Å². The third-order valence-corrected chi connectivity index (χ3v) is 5.67. The van der Waals surface area contributed by atoms with Crippen LogP contribution in [0.4, 0.5) is 0 Å². The minimum absolute atomic E-state index is 0.152. The molecule has 1 amide bonds. The third kappa shape index (κ3) is 4.37. The molecule has 138 valence electrons. The van der Waals surface area contributed by atoms with E-state index in [1.54, 1.807) is 0 Å². The normalized spacial score (nSPS) is 11.9. The van der Waals surface area contributed by atoms with Crippen LogP contribution in [-0.4, -0.2) is 10.5 Å². The highest BCUT2D eigenvalue weighted by Gasteiger charge is 2.10. The summed E-state index contributed by atoms with van der Waals surface area (Å²) in [6.45, 7) is 6.86. The second-order valence-corrected chi connectivity index (χ2v) is 7.92. The van der Waals surface area contributed by atoms with Crippen LogP contribution in [-0.2, 0) is 24.2 Å². The first-order valence-corrected chi connectivity index (χ1v) is 10.1. The molecule has 0 spiro atoms. The molecule has 0 atom stereocenters. The van der Waals surface area contributed by atoms with Crippen molar-refractivity contribution in [3.8, 4) is 12.3 Å². The van der Waals surface area contributed by atoms with Crippen molar-refractivity contribution in [2.75, 3.05) is 0 Å². The van der Waals surface area contributed by atoms with Crippen molar-refractivity contribution >= 4 is 27.5 Å². The van der Waals surface area contributed by atoms with Gasteiger partial charge in [0.25, 0.3) is 5.91 Å². The van der Waals surface area contributed by atoms with Gasteiger partial charge < -0.3 is 4.57 Å². The Hall–Kier alpha value is -2.64. The summed E-state index contributed by atoms with van der Waals surface area (Å²) in [5, 5.41) is 0. The number of hydrogen-bond acceptors (Lipinski definition) is 2. The second-order valence-electron chi connectivity index (χ2n) is 6.91. The fraction of sp³-hybridized carbons (Fsp3) is 0.304. The van der Waals surface area contributed by atoms with E-state index in [-0.39, 0.29) is 5.91 Å². The van der Waals surface area contributed by atoms with E-state index >= 15 is 0 Å². The number of thiazole rings is 1. The van der Waals surface area contributed by atoms with Crippen molar-refractivity contribution in [1.82, 2.24) is 4.57 Å². The summed E-state index contributed by atoms with van der Waals surface area (Å²) in [6, 6.07) is 14.5. The number of aryl methyl sites for hydroxylation is 1. The lowest BCUT2D eigenvalue weighted by molar-refractivity contribution is -0.117. The molecule has 4 heteroatoms. The van der Waals surface area contributed by atoms with Crippen molar-refractivity contribution < 1.29 is 4.79 Å². The van der Waals surface area contributed by atoms with Crippen LogP contribution in [0.25, 0.3) is 10.2 Å². The van der Waals surface area contributed by atoms with E-state index < -0.39 is 0 Å². The molecular formula is C23H24N2OS. The van der Waals surface area contributed by atoms with Gasteiger partial charge in [-0.3, -0.25) is 4.79 Å². The summed E-state index contributed by atoms with van der Waals surface area (Å²) < 4.78 is 3.05. The van der Waals surface area contributed by atoms with Crippen molar-refractivity contribution in [3.63, 3.8) is 0 Å². The number of amides is 1. The van der Waals surface area contributed by atoms with Crippen LogP contribution in [0, 0.1) is 12.3 Å². The molecule has 0 aliphatic heterocycles. The maximum atomic E-state index is 12.5. The minimum atomic E-state index is -0.152. The average Bonchev–Trinajstić information content (AvgIpc) is 2.99. The molecule has 0 fully saturated rings. The summed E-state index contributed by atoms with van der Waals surface area (Å²) in [5.74, 6) is 2.97. The molecule has 1 heterocycles. The first kappa shape index (κ1) is 19.1. The molecule has 0 radical (unpaired) electrons. The van der Waals surface area contributed by atoms with Gasteiger partial charge in [-0.1, -0.05) is 68.4 Å². The fourth-order valence-electron chi connectivity index (χ4n) is 2.99. The summed E-state index contributed by atoms with van der Waals surface area (Å²) >= 11 is 1.52. The molecule has 0 saturated carbocycles. The van der Waals surface area contributed by atoms with Gasteiger partial charge in [-0.15, -0.1) is 6.42 Å². The largest absolute Gasteiger partial charge is 0.305 e. The molecule has 0 unspecified atom stereocenters. The lowest BCUT2D eigenvalue weighted by atomic mass is 10.0. The minimum Gasteiger partial charge on any atom is -0.305 e. The second kappa shape index (κ2) is 8.37. The first-order valence-electron chi connectivity index (χ1n) is 9.24. The summed E-state index contributed by atoms with van der Waals surface area (Å²) in [4.78, 5) is 17.6. The number of carbonyl (C=O) groups excluding carboxylic acids is 1. The molecule has 0 aliphatic rings. The van der Waals surface area contributed by atoms with E-state index in [0.717, 1.165) is 22.2 Å². The Morgan fingerprint density at radius 3 is 2.52 bits per heavy atom. The monoisotopic (exact) mass is 376 g/mol. The number of aromatic nitrogens is 1. The van der Waals surface area contributed by atoms with E-state index in [1.807, 2.05) is 16.7 Å². The van der Waals surface area contributed by atoms with Crippen molar-refractivity contribution in [1.29, 1.82) is 0 Å². The average molecular weight is 377 g/mol. The predicted molar refractivity (Wildman–Crippen MR) is 113 cm³/mol. The molecule has 3 nitrogen and oxygen atoms in total. The predicted octanol–water partition coefficient (Wildman–Crippen LogP) is 4.69. The molecule has 0 bridgehead atoms. The van der Waals surface area contributed by atoms with Gasteiger partial charge in [0.15, 0.2) is 4.80 Å². The zero-order valence-corrected chi connectivity index (χ0v) is 16.8. The summed E-state index contributed by atoms with van der Waals surface area (Å²) in [7, 11) is 0. The summed E-state index contributed by atoms with van der Waals surface area (Å²) in [6.07, 6.45) is 6.83. The Balaban J connectivity index is 1.96. The van der Waals surface area contributed by atoms with E-state index in [1.165, 1.54) is 22.5 Å². The van der Waals surface area contributed by atoms with Crippen LogP contribution in [0.15, 0.2) is 47.5 Å². The number of nitrogens with zero attached hydrogens (tertiary/aromatic N) is 2. The number of hydrogen-bond donors (Lipinski definition) is 0. The van der Waals surface area contributed by atoms with Crippen molar-refractivity contribution in [3.05, 3.63) is 64.0 Å². The van der Waals surface area contributed by atoms with Gasteiger partial charge in [0.2, 0.25) is 0 Å². The zero-order chi connectivity index (χ0) is 19.4. The molecule has 3 rings (SSSR count). The Bertz CT molecular complexity index is 1060. The fourth-order valence-corrected chi connectivity index (χ4v) is 4.09. The molecule has 0 aliphatic carbocycles. The van der Waals surface area contributed by atoms with Gasteiger partial charge in [0.05, 0.1) is 23.2 Å². The van der Waals surface area contributed by atoms with Gasteiger partial charge in [-0.25, -0.2) is 0 Å². The van der Waals surface area contributed by atoms with Gasteiger partial charge in [-0.05, 0) is 41.2 Å². The van der Waals surface area contributed by atoms with E-state index in [4.69, 9.17) is 6.42 Å². The molecular weight excluding hydrogens is 352 g/mol. The highest BCUT2D eigenvalue weighted by atomic mass is 32.1. The van der Waals surface area contributed by atoms with E-state index in [9.17, 15) is 4.79 Å². The lowest BCUT2D eigenvalue weighted by Gasteiger charge is -2.05. The first-order chi connectivity index (χ1) is 13.0.